The van der Waals surface area contributed by atoms with Crippen LogP contribution in [0.3, 0.4) is 0 Å². The molecule has 2 aromatic carbocycles. The molecule has 0 fully saturated rings. The van der Waals surface area contributed by atoms with Gasteiger partial charge >= 0.3 is 6.61 Å². The van der Waals surface area contributed by atoms with E-state index < -0.39 is 6.61 Å². The lowest BCUT2D eigenvalue weighted by molar-refractivity contribution is -0.0512. The quantitative estimate of drug-likeness (QED) is 0.575. The predicted molar refractivity (Wildman–Crippen MR) is 90.4 cm³/mol. The van der Waals surface area contributed by atoms with E-state index in [0.717, 1.165) is 5.56 Å². The first-order valence-electron chi connectivity index (χ1n) is 7.82. The van der Waals surface area contributed by atoms with Crippen molar-refractivity contribution in [3.8, 4) is 23.0 Å². The number of allylic oxidation sites excluding steroid dienone is 1. The molecule has 0 amide bonds. The van der Waals surface area contributed by atoms with Gasteiger partial charge in [0.1, 0.15) is 13.2 Å². The summed E-state index contributed by atoms with van der Waals surface area (Å²) in [6.07, 6.45) is 3.02. The van der Waals surface area contributed by atoms with Crippen molar-refractivity contribution in [2.24, 2.45) is 0 Å². The third-order valence-corrected chi connectivity index (χ3v) is 3.66. The minimum Gasteiger partial charge on any atom is -0.493 e. The first kappa shape index (κ1) is 17.7. The van der Waals surface area contributed by atoms with Gasteiger partial charge in [-0.3, -0.25) is 4.79 Å². The number of rotatable bonds is 6. The van der Waals surface area contributed by atoms with Gasteiger partial charge in [-0.05, 0) is 42.0 Å². The molecule has 0 saturated carbocycles. The Balaban J connectivity index is 1.76. The number of hydrogen-bond donors (Lipinski definition) is 0. The van der Waals surface area contributed by atoms with Crippen molar-refractivity contribution in [2.75, 3.05) is 20.3 Å². The highest BCUT2D eigenvalue weighted by Gasteiger charge is 2.14. The van der Waals surface area contributed by atoms with Crippen LogP contribution in [0.4, 0.5) is 8.78 Å². The lowest BCUT2D eigenvalue weighted by Crippen LogP contribution is -2.15. The highest BCUT2D eigenvalue weighted by molar-refractivity contribution is 6.07. The van der Waals surface area contributed by atoms with Gasteiger partial charge in [-0.15, -0.1) is 0 Å². The van der Waals surface area contributed by atoms with Crippen LogP contribution in [0.25, 0.3) is 6.08 Å². The molecule has 1 aliphatic heterocycles. The zero-order valence-electron chi connectivity index (χ0n) is 13.9. The summed E-state index contributed by atoms with van der Waals surface area (Å²) >= 11 is 0. The second kappa shape index (κ2) is 7.86. The summed E-state index contributed by atoms with van der Waals surface area (Å²) in [4.78, 5) is 12.3. The lowest BCUT2D eigenvalue weighted by atomic mass is 10.1. The topological polar surface area (TPSA) is 54.0 Å². The Kier molecular flexibility index (Phi) is 5.36. The van der Waals surface area contributed by atoms with Crippen LogP contribution in [-0.2, 0) is 0 Å². The summed E-state index contributed by atoms with van der Waals surface area (Å²) in [6.45, 7) is -1.99. The second-order valence-corrected chi connectivity index (χ2v) is 5.34. The molecular weight excluding hydrogens is 346 g/mol. The zero-order chi connectivity index (χ0) is 18.5. The SMILES string of the molecule is COc1cc(C(=O)/C=C/c2ccc3c(c2)OCCO3)ccc1OC(F)F. The van der Waals surface area contributed by atoms with E-state index in [4.69, 9.17) is 14.2 Å². The van der Waals surface area contributed by atoms with E-state index in [1.807, 2.05) is 0 Å². The van der Waals surface area contributed by atoms with Gasteiger partial charge in [-0.1, -0.05) is 12.1 Å². The summed E-state index contributed by atoms with van der Waals surface area (Å²) in [5, 5.41) is 0. The monoisotopic (exact) mass is 362 g/mol. The van der Waals surface area contributed by atoms with Gasteiger partial charge in [-0.25, -0.2) is 0 Å². The minimum atomic E-state index is -2.97. The smallest absolute Gasteiger partial charge is 0.387 e. The summed E-state index contributed by atoms with van der Waals surface area (Å²) in [5.74, 6) is 0.917. The molecule has 0 aromatic heterocycles. The van der Waals surface area contributed by atoms with Crippen molar-refractivity contribution < 1.29 is 32.5 Å². The van der Waals surface area contributed by atoms with Gasteiger partial charge in [0.15, 0.2) is 28.8 Å². The van der Waals surface area contributed by atoms with Crippen LogP contribution in [0.1, 0.15) is 15.9 Å². The molecule has 0 radical (unpaired) electrons. The van der Waals surface area contributed by atoms with Gasteiger partial charge in [0.2, 0.25) is 0 Å². The van der Waals surface area contributed by atoms with E-state index >= 15 is 0 Å². The molecule has 0 saturated heterocycles. The fourth-order valence-corrected chi connectivity index (χ4v) is 2.45. The maximum atomic E-state index is 12.3. The zero-order valence-corrected chi connectivity index (χ0v) is 13.9. The molecule has 2 aromatic rings. The Bertz CT molecular complexity index is 833. The van der Waals surface area contributed by atoms with Crippen molar-refractivity contribution in [3.05, 3.63) is 53.6 Å². The van der Waals surface area contributed by atoms with Crippen LogP contribution >= 0.6 is 0 Å². The first-order chi connectivity index (χ1) is 12.6. The highest BCUT2D eigenvalue weighted by atomic mass is 19.3. The molecular formula is C19H16F2O5. The van der Waals surface area contributed by atoms with Gasteiger partial charge in [0, 0.05) is 5.56 Å². The van der Waals surface area contributed by atoms with E-state index in [1.165, 1.54) is 31.4 Å². The summed E-state index contributed by atoms with van der Waals surface area (Å²) in [6, 6.07) is 9.38. The van der Waals surface area contributed by atoms with Crippen LogP contribution < -0.4 is 18.9 Å². The molecule has 0 aliphatic carbocycles. The molecule has 0 unspecified atom stereocenters. The number of alkyl halides is 2. The fraction of sp³-hybridized carbons (Fsp3) is 0.211. The number of methoxy groups -OCH3 is 1. The molecule has 5 nitrogen and oxygen atoms in total. The van der Waals surface area contributed by atoms with Gasteiger partial charge in [0.25, 0.3) is 0 Å². The highest BCUT2D eigenvalue weighted by Crippen LogP contribution is 2.32. The third kappa shape index (κ3) is 4.11. The molecule has 0 atom stereocenters. The molecule has 0 spiro atoms. The number of carbonyl (C=O) groups is 1. The van der Waals surface area contributed by atoms with Crippen LogP contribution in [0, 0.1) is 0 Å². The second-order valence-electron chi connectivity index (χ2n) is 5.34. The largest absolute Gasteiger partial charge is 0.493 e. The Morgan fingerprint density at radius 2 is 1.85 bits per heavy atom. The van der Waals surface area contributed by atoms with E-state index in [2.05, 4.69) is 4.74 Å². The summed E-state index contributed by atoms with van der Waals surface area (Å²) in [5.41, 5.74) is 1.06. The Labute approximate surface area is 148 Å². The predicted octanol–water partition coefficient (Wildman–Crippen LogP) is 3.96. The molecule has 136 valence electrons. The Morgan fingerprint density at radius 1 is 1.08 bits per heavy atom. The van der Waals surface area contributed by atoms with E-state index in [0.29, 0.717) is 24.7 Å². The summed E-state index contributed by atoms with van der Waals surface area (Å²) in [7, 11) is 1.31. The van der Waals surface area contributed by atoms with Crippen molar-refractivity contribution in [1.82, 2.24) is 0 Å². The van der Waals surface area contributed by atoms with Crippen LogP contribution in [0.15, 0.2) is 42.5 Å². The van der Waals surface area contributed by atoms with Crippen molar-refractivity contribution in [1.29, 1.82) is 0 Å². The van der Waals surface area contributed by atoms with Crippen molar-refractivity contribution in [3.63, 3.8) is 0 Å². The maximum Gasteiger partial charge on any atom is 0.387 e. The molecule has 0 N–H and O–H groups in total. The van der Waals surface area contributed by atoms with Crippen LogP contribution in [0.5, 0.6) is 23.0 Å². The van der Waals surface area contributed by atoms with E-state index in [-0.39, 0.29) is 22.8 Å². The van der Waals surface area contributed by atoms with Gasteiger partial charge in [0.05, 0.1) is 7.11 Å². The Morgan fingerprint density at radius 3 is 2.58 bits per heavy atom. The minimum absolute atomic E-state index is 0.0591. The Hall–Kier alpha value is -3.09. The number of ether oxygens (including phenoxy) is 4. The van der Waals surface area contributed by atoms with Crippen molar-refractivity contribution >= 4 is 11.9 Å². The summed E-state index contributed by atoms with van der Waals surface area (Å²) < 4.78 is 45.0. The standard InChI is InChI=1S/C19H16F2O5/c1-23-17-11-13(4-7-16(17)26-19(20)21)14(22)5-2-12-3-6-15-18(10-12)25-9-8-24-15/h2-7,10-11,19H,8-9H2,1H3/b5-2+. The average Bonchev–Trinajstić information content (AvgIpc) is 2.65. The number of halogens is 2. The number of hydrogen-bond acceptors (Lipinski definition) is 5. The number of carbonyl (C=O) groups excluding carboxylic acids is 1. The van der Waals surface area contributed by atoms with Crippen LogP contribution in [-0.4, -0.2) is 32.7 Å². The maximum absolute atomic E-state index is 12.3. The molecule has 0 bridgehead atoms. The molecule has 26 heavy (non-hydrogen) atoms. The number of ketones is 1. The van der Waals surface area contributed by atoms with E-state index in [1.54, 1.807) is 24.3 Å². The van der Waals surface area contributed by atoms with E-state index in [9.17, 15) is 13.6 Å². The van der Waals surface area contributed by atoms with Crippen LogP contribution in [0.2, 0.25) is 0 Å². The number of fused-ring (bicyclic) bond motifs is 1. The number of benzene rings is 2. The normalized spacial score (nSPS) is 13.1. The average molecular weight is 362 g/mol. The lowest BCUT2D eigenvalue weighted by Gasteiger charge is -2.18. The molecule has 1 aliphatic rings. The molecule has 1 heterocycles. The first-order valence-corrected chi connectivity index (χ1v) is 7.82. The van der Waals surface area contributed by atoms with Gasteiger partial charge in [-0.2, -0.15) is 8.78 Å². The fourth-order valence-electron chi connectivity index (χ4n) is 2.45. The molecule has 7 heteroatoms. The molecule has 3 rings (SSSR count). The van der Waals surface area contributed by atoms with Crippen molar-refractivity contribution in [2.45, 2.75) is 6.61 Å². The third-order valence-electron chi connectivity index (χ3n) is 3.66. The van der Waals surface area contributed by atoms with Gasteiger partial charge < -0.3 is 18.9 Å².